The lowest BCUT2D eigenvalue weighted by Gasteiger charge is -2.17. The van der Waals surface area contributed by atoms with E-state index < -0.39 is 12.1 Å². The van der Waals surface area contributed by atoms with Crippen LogP contribution in [0.4, 0.5) is 4.79 Å². The van der Waals surface area contributed by atoms with Gasteiger partial charge in [0.15, 0.2) is 0 Å². The number of nitrogens with zero attached hydrogens (tertiary/aromatic N) is 1. The fourth-order valence-electron chi connectivity index (χ4n) is 1.31. The number of ether oxygens (including phenoxy) is 1. The molecule has 0 aromatic heterocycles. The normalized spacial score (nSPS) is 9.76. The van der Waals surface area contributed by atoms with Crippen LogP contribution in [-0.4, -0.2) is 35.2 Å². The molecule has 1 rings (SSSR count). The van der Waals surface area contributed by atoms with Crippen LogP contribution in [-0.2, 0) is 0 Å². The molecule has 5 heteroatoms. The maximum atomic E-state index is 11.6. The van der Waals surface area contributed by atoms with Gasteiger partial charge < -0.3 is 14.7 Å². The molecule has 0 saturated carbocycles. The third kappa shape index (κ3) is 3.48. The van der Waals surface area contributed by atoms with Gasteiger partial charge in [-0.25, -0.2) is 9.59 Å². The molecule has 92 valence electrons. The van der Waals surface area contributed by atoms with Crippen LogP contribution in [0.2, 0.25) is 0 Å². The number of carboxylic acids is 1. The molecule has 0 unspecified atom stereocenters. The van der Waals surface area contributed by atoms with Gasteiger partial charge in [-0.05, 0) is 38.1 Å². The molecule has 17 heavy (non-hydrogen) atoms. The highest BCUT2D eigenvalue weighted by atomic mass is 16.6. The number of carbonyl (C=O) groups excluding carboxylic acids is 1. The van der Waals surface area contributed by atoms with Gasteiger partial charge in [0.2, 0.25) is 0 Å². The van der Waals surface area contributed by atoms with Crippen molar-refractivity contribution in [2.24, 2.45) is 0 Å². The minimum Gasteiger partial charge on any atom is -0.478 e. The van der Waals surface area contributed by atoms with E-state index in [0.717, 1.165) is 0 Å². The maximum absolute atomic E-state index is 11.6. The molecule has 0 radical (unpaired) electrons. The number of hydrogen-bond acceptors (Lipinski definition) is 3. The minimum absolute atomic E-state index is 0.160. The number of aromatic carboxylic acids is 1. The van der Waals surface area contributed by atoms with Gasteiger partial charge in [-0.1, -0.05) is 0 Å². The van der Waals surface area contributed by atoms with Crippen molar-refractivity contribution in [3.63, 3.8) is 0 Å². The molecule has 0 heterocycles. The second kappa shape index (κ2) is 5.89. The Labute approximate surface area is 99.6 Å². The van der Waals surface area contributed by atoms with Crippen LogP contribution >= 0.6 is 0 Å². The summed E-state index contributed by atoms with van der Waals surface area (Å²) in [7, 11) is 0. The average Bonchev–Trinajstić information content (AvgIpc) is 2.31. The van der Waals surface area contributed by atoms with Crippen molar-refractivity contribution in [1.29, 1.82) is 0 Å². The molecule has 0 atom stereocenters. The molecule has 0 aliphatic rings. The summed E-state index contributed by atoms with van der Waals surface area (Å²) < 4.78 is 5.09. The van der Waals surface area contributed by atoms with Gasteiger partial charge in [-0.15, -0.1) is 0 Å². The van der Waals surface area contributed by atoms with Crippen molar-refractivity contribution in [3.05, 3.63) is 29.8 Å². The van der Waals surface area contributed by atoms with Crippen molar-refractivity contribution < 1.29 is 19.4 Å². The summed E-state index contributed by atoms with van der Waals surface area (Å²) in [6.07, 6.45) is -0.432. The molecule has 0 fully saturated rings. The van der Waals surface area contributed by atoms with Crippen LogP contribution in [0.3, 0.4) is 0 Å². The lowest BCUT2D eigenvalue weighted by Crippen LogP contribution is -2.33. The molecular formula is C12H15NO4. The van der Waals surface area contributed by atoms with Gasteiger partial charge in [0.05, 0.1) is 5.56 Å². The summed E-state index contributed by atoms with van der Waals surface area (Å²) in [5, 5.41) is 8.71. The summed E-state index contributed by atoms with van der Waals surface area (Å²) in [6.45, 7) is 4.86. The lowest BCUT2D eigenvalue weighted by atomic mass is 10.2. The summed E-state index contributed by atoms with van der Waals surface area (Å²) >= 11 is 0. The monoisotopic (exact) mass is 237 g/mol. The van der Waals surface area contributed by atoms with E-state index in [1.54, 1.807) is 0 Å². The molecule has 0 spiro atoms. The van der Waals surface area contributed by atoms with Gasteiger partial charge >= 0.3 is 12.1 Å². The highest BCUT2D eigenvalue weighted by molar-refractivity contribution is 5.87. The van der Waals surface area contributed by atoms with Crippen molar-refractivity contribution in [1.82, 2.24) is 4.90 Å². The predicted octanol–water partition coefficient (Wildman–Crippen LogP) is 2.23. The topological polar surface area (TPSA) is 66.8 Å². The molecule has 1 aromatic rings. The molecule has 0 saturated heterocycles. The van der Waals surface area contributed by atoms with Crippen molar-refractivity contribution in [3.8, 4) is 5.75 Å². The van der Waals surface area contributed by atoms with E-state index in [2.05, 4.69) is 0 Å². The van der Waals surface area contributed by atoms with Gasteiger partial charge in [0.1, 0.15) is 5.75 Å². The molecule has 0 bridgehead atoms. The number of rotatable bonds is 4. The Bertz CT molecular complexity index is 395. The van der Waals surface area contributed by atoms with Crippen LogP contribution in [0.25, 0.3) is 0 Å². The second-order valence-electron chi connectivity index (χ2n) is 3.37. The van der Waals surface area contributed by atoms with Crippen molar-refractivity contribution >= 4 is 12.1 Å². The van der Waals surface area contributed by atoms with Crippen LogP contribution in [0, 0.1) is 0 Å². The minimum atomic E-state index is -1.01. The molecule has 5 nitrogen and oxygen atoms in total. The van der Waals surface area contributed by atoms with E-state index in [4.69, 9.17) is 9.84 Å². The number of amides is 1. The second-order valence-corrected chi connectivity index (χ2v) is 3.37. The van der Waals surface area contributed by atoms with Crippen LogP contribution in [0.15, 0.2) is 24.3 Å². The zero-order chi connectivity index (χ0) is 12.8. The van der Waals surface area contributed by atoms with Gasteiger partial charge in [0, 0.05) is 13.1 Å². The Balaban J connectivity index is 2.69. The fraction of sp³-hybridized carbons (Fsp3) is 0.333. The molecule has 1 amide bonds. The molecule has 0 aliphatic heterocycles. The van der Waals surface area contributed by atoms with E-state index >= 15 is 0 Å². The molecular weight excluding hydrogens is 222 g/mol. The standard InChI is InChI=1S/C12H15NO4/c1-3-13(4-2)12(16)17-10-7-5-9(6-8-10)11(14)15/h5-8H,3-4H2,1-2H3,(H,14,15). The number of carboxylic acid groups (broad SMARTS) is 1. The zero-order valence-electron chi connectivity index (χ0n) is 9.84. The first-order chi connectivity index (χ1) is 8.08. The van der Waals surface area contributed by atoms with E-state index in [1.165, 1.54) is 29.2 Å². The Morgan fingerprint density at radius 2 is 1.71 bits per heavy atom. The van der Waals surface area contributed by atoms with E-state index in [1.807, 2.05) is 13.8 Å². The van der Waals surface area contributed by atoms with Crippen molar-refractivity contribution in [2.45, 2.75) is 13.8 Å². The van der Waals surface area contributed by atoms with Crippen molar-refractivity contribution in [2.75, 3.05) is 13.1 Å². The SMILES string of the molecule is CCN(CC)C(=O)Oc1ccc(C(=O)O)cc1. The quantitative estimate of drug-likeness (QED) is 0.871. The highest BCUT2D eigenvalue weighted by Crippen LogP contribution is 2.13. The zero-order valence-corrected chi connectivity index (χ0v) is 9.84. The third-order valence-corrected chi connectivity index (χ3v) is 2.33. The Morgan fingerprint density at radius 1 is 1.18 bits per heavy atom. The van der Waals surface area contributed by atoms with E-state index in [9.17, 15) is 9.59 Å². The van der Waals surface area contributed by atoms with Gasteiger partial charge in [-0.3, -0.25) is 0 Å². The number of carbonyl (C=O) groups is 2. The number of benzene rings is 1. The van der Waals surface area contributed by atoms with Crippen LogP contribution < -0.4 is 4.74 Å². The first-order valence-electron chi connectivity index (χ1n) is 5.38. The van der Waals surface area contributed by atoms with Gasteiger partial charge in [-0.2, -0.15) is 0 Å². The first-order valence-corrected chi connectivity index (χ1v) is 5.38. The smallest absolute Gasteiger partial charge is 0.415 e. The Morgan fingerprint density at radius 3 is 2.12 bits per heavy atom. The maximum Gasteiger partial charge on any atom is 0.415 e. The predicted molar refractivity (Wildman–Crippen MR) is 62.3 cm³/mol. The molecule has 1 N–H and O–H groups in total. The largest absolute Gasteiger partial charge is 0.478 e. The number of hydrogen-bond donors (Lipinski definition) is 1. The summed E-state index contributed by atoms with van der Waals surface area (Å²) in [5.74, 6) is -0.668. The highest BCUT2D eigenvalue weighted by Gasteiger charge is 2.12. The fourth-order valence-corrected chi connectivity index (χ4v) is 1.31. The molecule has 1 aromatic carbocycles. The lowest BCUT2D eigenvalue weighted by molar-refractivity contribution is 0.0697. The third-order valence-electron chi connectivity index (χ3n) is 2.33. The first kappa shape index (κ1) is 13.0. The van der Waals surface area contributed by atoms with E-state index in [0.29, 0.717) is 18.8 Å². The Kier molecular flexibility index (Phi) is 4.51. The molecule has 0 aliphatic carbocycles. The van der Waals surface area contributed by atoms with Gasteiger partial charge in [0.25, 0.3) is 0 Å². The Hall–Kier alpha value is -2.04. The summed E-state index contributed by atoms with van der Waals surface area (Å²) in [4.78, 5) is 23.7. The van der Waals surface area contributed by atoms with E-state index in [-0.39, 0.29) is 5.56 Å². The summed E-state index contributed by atoms with van der Waals surface area (Å²) in [6, 6.07) is 5.72. The van der Waals surface area contributed by atoms with Crippen LogP contribution in [0.5, 0.6) is 5.75 Å². The summed E-state index contributed by atoms with van der Waals surface area (Å²) in [5.41, 5.74) is 0.160. The van der Waals surface area contributed by atoms with Crippen LogP contribution in [0.1, 0.15) is 24.2 Å². The average molecular weight is 237 g/mol.